The summed E-state index contributed by atoms with van der Waals surface area (Å²) in [5, 5.41) is 10.9. The first-order valence-corrected chi connectivity index (χ1v) is 12.1. The third kappa shape index (κ3) is 3.21. The number of hydrogen-bond donors (Lipinski definition) is 1. The molecule has 170 valence electrons. The zero-order valence-electron chi connectivity index (χ0n) is 19.1. The average molecular weight is 443 g/mol. The Bertz CT molecular complexity index is 1170. The van der Waals surface area contributed by atoms with Crippen LogP contribution in [0.5, 0.6) is 5.75 Å². The van der Waals surface area contributed by atoms with E-state index in [9.17, 15) is 5.26 Å². The van der Waals surface area contributed by atoms with Gasteiger partial charge in [-0.3, -0.25) is 0 Å². The topological polar surface area (TPSA) is 83.9 Å². The monoisotopic (exact) mass is 442 g/mol. The Morgan fingerprint density at radius 3 is 2.73 bits per heavy atom. The number of nitrogens with two attached hydrogens (primary N) is 1. The minimum absolute atomic E-state index is 0.270. The van der Waals surface area contributed by atoms with E-state index in [1.807, 2.05) is 31.3 Å². The molecule has 33 heavy (non-hydrogen) atoms. The summed E-state index contributed by atoms with van der Waals surface area (Å²) >= 11 is 0. The summed E-state index contributed by atoms with van der Waals surface area (Å²) in [5.74, 6) is 2.49. The standard InChI is InChI=1S/C27H30N4O2/c1-31-25(29)30-27(33-31)17-26(13-5-9-19-7-2-3-10-22(19)26)32-24-12-11-21(15-23(24)27)20-8-4-6-18(14-20)16-28/h4,6,8,11-12,14-15,19,22H,2-3,5,7,9-10,13,17H2,1H3,(H2,29,30)/t19?,22?,26-,27?/m0/s1. The van der Waals surface area contributed by atoms with Crippen LogP contribution in [0.4, 0.5) is 0 Å². The Balaban J connectivity index is 1.48. The number of nitriles is 1. The van der Waals surface area contributed by atoms with Crippen molar-refractivity contribution >= 4 is 5.96 Å². The van der Waals surface area contributed by atoms with Crippen LogP contribution in [0.3, 0.4) is 0 Å². The number of aliphatic imine (C=N–C) groups is 1. The highest BCUT2D eigenvalue weighted by molar-refractivity contribution is 5.79. The molecular formula is C27H30N4O2. The molecule has 2 aromatic rings. The van der Waals surface area contributed by atoms with Crippen molar-refractivity contribution in [1.82, 2.24) is 5.06 Å². The molecule has 2 N–H and O–H groups in total. The smallest absolute Gasteiger partial charge is 0.222 e. The molecule has 2 aliphatic heterocycles. The van der Waals surface area contributed by atoms with Gasteiger partial charge in [0, 0.05) is 19.4 Å². The van der Waals surface area contributed by atoms with E-state index in [-0.39, 0.29) is 5.60 Å². The molecule has 0 bridgehead atoms. The van der Waals surface area contributed by atoms with E-state index in [0.29, 0.717) is 23.9 Å². The summed E-state index contributed by atoms with van der Waals surface area (Å²) in [6.07, 6.45) is 9.31. The third-order valence-electron chi connectivity index (χ3n) is 8.24. The first-order valence-electron chi connectivity index (χ1n) is 12.1. The van der Waals surface area contributed by atoms with Gasteiger partial charge in [-0.05, 0) is 67.0 Å². The molecule has 4 aliphatic rings. The molecule has 0 saturated heterocycles. The fraction of sp³-hybridized carbons (Fsp3) is 0.481. The molecule has 2 saturated carbocycles. The maximum Gasteiger partial charge on any atom is 0.222 e. The van der Waals surface area contributed by atoms with Crippen molar-refractivity contribution in [3.63, 3.8) is 0 Å². The molecule has 6 heteroatoms. The van der Waals surface area contributed by atoms with Crippen LogP contribution < -0.4 is 10.5 Å². The molecule has 6 nitrogen and oxygen atoms in total. The lowest BCUT2D eigenvalue weighted by atomic mass is 9.60. The van der Waals surface area contributed by atoms with E-state index < -0.39 is 5.72 Å². The highest BCUT2D eigenvalue weighted by Gasteiger charge is 2.59. The Labute approximate surface area is 195 Å². The van der Waals surface area contributed by atoms with Crippen LogP contribution in [0.2, 0.25) is 0 Å². The van der Waals surface area contributed by atoms with Crippen LogP contribution in [-0.4, -0.2) is 23.7 Å². The summed E-state index contributed by atoms with van der Waals surface area (Å²) in [6.45, 7) is 0. The molecule has 2 spiro atoms. The molecule has 3 unspecified atom stereocenters. The van der Waals surface area contributed by atoms with E-state index in [1.165, 1.54) is 38.5 Å². The Morgan fingerprint density at radius 1 is 1.09 bits per heavy atom. The summed E-state index contributed by atoms with van der Waals surface area (Å²) in [5.41, 5.74) is 8.65. The van der Waals surface area contributed by atoms with Gasteiger partial charge in [-0.15, -0.1) is 0 Å². The molecular weight excluding hydrogens is 412 g/mol. The number of ether oxygens (including phenoxy) is 1. The van der Waals surface area contributed by atoms with Crippen molar-refractivity contribution < 1.29 is 9.57 Å². The maximum absolute atomic E-state index is 9.34. The third-order valence-corrected chi connectivity index (χ3v) is 8.24. The average Bonchev–Trinajstić information content (AvgIpc) is 3.12. The molecule has 2 heterocycles. The van der Waals surface area contributed by atoms with Crippen LogP contribution in [0.25, 0.3) is 11.1 Å². The number of nitrogens with zero attached hydrogens (tertiary/aromatic N) is 3. The molecule has 6 rings (SSSR count). The highest BCUT2D eigenvalue weighted by atomic mass is 16.7. The second-order valence-electron chi connectivity index (χ2n) is 10.1. The fourth-order valence-corrected chi connectivity index (χ4v) is 6.80. The summed E-state index contributed by atoms with van der Waals surface area (Å²) in [6, 6.07) is 16.1. The van der Waals surface area contributed by atoms with E-state index in [2.05, 4.69) is 24.3 Å². The lowest BCUT2D eigenvalue weighted by Crippen LogP contribution is -2.57. The van der Waals surface area contributed by atoms with Gasteiger partial charge in [-0.2, -0.15) is 5.26 Å². The SMILES string of the molecule is CN1OC2(C[C@]3(CCCC4CCCCC43)Oc3ccc(-c4cccc(C#N)c4)cc32)N=C1N. The van der Waals surface area contributed by atoms with Crippen molar-refractivity contribution in [3.8, 4) is 22.9 Å². The summed E-state index contributed by atoms with van der Waals surface area (Å²) in [7, 11) is 1.82. The minimum atomic E-state index is -0.880. The normalized spacial score (nSPS) is 32.6. The van der Waals surface area contributed by atoms with E-state index in [4.69, 9.17) is 20.3 Å². The predicted octanol–water partition coefficient (Wildman–Crippen LogP) is 5.08. The van der Waals surface area contributed by atoms with Gasteiger partial charge in [-0.1, -0.05) is 37.5 Å². The molecule has 0 amide bonds. The molecule has 2 aliphatic carbocycles. The molecule has 4 atom stereocenters. The van der Waals surface area contributed by atoms with E-state index >= 15 is 0 Å². The van der Waals surface area contributed by atoms with Crippen molar-refractivity contribution in [1.29, 1.82) is 5.26 Å². The van der Waals surface area contributed by atoms with Crippen LogP contribution >= 0.6 is 0 Å². The van der Waals surface area contributed by atoms with Crippen LogP contribution in [0.15, 0.2) is 47.5 Å². The van der Waals surface area contributed by atoms with Crippen LogP contribution in [0.1, 0.15) is 62.5 Å². The van der Waals surface area contributed by atoms with Gasteiger partial charge in [0.25, 0.3) is 0 Å². The zero-order valence-corrected chi connectivity index (χ0v) is 19.1. The van der Waals surface area contributed by atoms with Gasteiger partial charge < -0.3 is 10.5 Å². The summed E-state index contributed by atoms with van der Waals surface area (Å²) in [4.78, 5) is 11.4. The van der Waals surface area contributed by atoms with E-state index in [1.54, 1.807) is 5.06 Å². The van der Waals surface area contributed by atoms with Crippen LogP contribution in [0, 0.1) is 23.2 Å². The number of fused-ring (bicyclic) bond motifs is 4. The van der Waals surface area contributed by atoms with Gasteiger partial charge >= 0.3 is 0 Å². The molecule has 2 fully saturated rings. The van der Waals surface area contributed by atoms with Gasteiger partial charge in [0.1, 0.15) is 11.4 Å². The Morgan fingerprint density at radius 2 is 1.91 bits per heavy atom. The van der Waals surface area contributed by atoms with Gasteiger partial charge in [0.05, 0.1) is 17.2 Å². The van der Waals surface area contributed by atoms with Crippen molar-refractivity contribution in [3.05, 3.63) is 53.6 Å². The van der Waals surface area contributed by atoms with Crippen molar-refractivity contribution in [2.75, 3.05) is 7.05 Å². The largest absolute Gasteiger partial charge is 0.486 e. The maximum atomic E-state index is 9.34. The molecule has 2 aromatic carbocycles. The number of hydroxylamine groups is 2. The second-order valence-corrected chi connectivity index (χ2v) is 10.1. The zero-order chi connectivity index (χ0) is 22.6. The minimum Gasteiger partial charge on any atom is -0.486 e. The second kappa shape index (κ2) is 7.50. The highest BCUT2D eigenvalue weighted by Crippen LogP contribution is 2.58. The Hall–Kier alpha value is -3.04. The fourth-order valence-electron chi connectivity index (χ4n) is 6.80. The number of benzene rings is 2. The Kier molecular flexibility index (Phi) is 4.67. The van der Waals surface area contributed by atoms with Gasteiger partial charge in [0.15, 0.2) is 0 Å². The first kappa shape index (κ1) is 20.6. The lowest BCUT2D eigenvalue weighted by Gasteiger charge is -2.54. The molecule has 0 radical (unpaired) electrons. The first-order chi connectivity index (χ1) is 16.0. The number of rotatable bonds is 1. The van der Waals surface area contributed by atoms with Crippen molar-refractivity contribution in [2.45, 2.75) is 62.7 Å². The lowest BCUT2D eigenvalue weighted by molar-refractivity contribution is -0.220. The van der Waals surface area contributed by atoms with Crippen LogP contribution in [-0.2, 0) is 10.6 Å². The van der Waals surface area contributed by atoms with Crippen molar-refractivity contribution in [2.24, 2.45) is 22.6 Å². The number of guanidine groups is 1. The predicted molar refractivity (Wildman–Crippen MR) is 126 cm³/mol. The number of hydrogen-bond acceptors (Lipinski definition) is 6. The van der Waals surface area contributed by atoms with Gasteiger partial charge in [0.2, 0.25) is 11.7 Å². The summed E-state index contributed by atoms with van der Waals surface area (Å²) < 4.78 is 6.96. The quantitative estimate of drug-likeness (QED) is 0.666. The van der Waals surface area contributed by atoms with E-state index in [0.717, 1.165) is 34.8 Å². The van der Waals surface area contributed by atoms with Gasteiger partial charge in [-0.25, -0.2) is 14.9 Å². The molecule has 0 aromatic heterocycles.